The molecule has 1 fully saturated rings. The number of aliphatic hydroxyl groups excluding tert-OH is 1. The van der Waals surface area contributed by atoms with Crippen LogP contribution in [0.1, 0.15) is 43.9 Å². The van der Waals surface area contributed by atoms with Crippen molar-refractivity contribution < 1.29 is 23.1 Å². The molecule has 1 aromatic heterocycles. The highest BCUT2D eigenvalue weighted by Gasteiger charge is 2.37. The molecule has 5 nitrogen and oxygen atoms in total. The van der Waals surface area contributed by atoms with Gasteiger partial charge in [-0.15, -0.1) is 0 Å². The van der Waals surface area contributed by atoms with Crippen LogP contribution >= 0.6 is 0 Å². The zero-order chi connectivity index (χ0) is 17.0. The Morgan fingerprint density at radius 2 is 2.13 bits per heavy atom. The monoisotopic (exact) mass is 333 g/mol. The van der Waals surface area contributed by atoms with E-state index in [0.29, 0.717) is 5.92 Å². The SMILES string of the molecule is CC1CCCCC1NC(=O)Cn1cc(CCO)c(C(F)(F)F)n1. The van der Waals surface area contributed by atoms with Gasteiger partial charge in [0.1, 0.15) is 6.54 Å². The summed E-state index contributed by atoms with van der Waals surface area (Å²) in [6.45, 7) is 1.41. The molecule has 1 saturated carbocycles. The molecule has 2 N–H and O–H groups in total. The van der Waals surface area contributed by atoms with Gasteiger partial charge in [0.05, 0.1) is 0 Å². The predicted octanol–water partition coefficient (Wildman–Crippen LogP) is 2.13. The maximum absolute atomic E-state index is 12.9. The molecule has 0 aliphatic heterocycles. The van der Waals surface area contributed by atoms with Crippen LogP contribution in [0.5, 0.6) is 0 Å². The fourth-order valence-corrected chi connectivity index (χ4v) is 3.02. The molecule has 0 aromatic carbocycles. The normalized spacial score (nSPS) is 22.1. The van der Waals surface area contributed by atoms with Crippen LogP contribution in [-0.4, -0.2) is 33.4 Å². The Bertz CT molecular complexity index is 543. The summed E-state index contributed by atoms with van der Waals surface area (Å²) in [7, 11) is 0. The minimum Gasteiger partial charge on any atom is -0.396 e. The summed E-state index contributed by atoms with van der Waals surface area (Å²) in [4.78, 5) is 12.1. The van der Waals surface area contributed by atoms with E-state index in [9.17, 15) is 18.0 Å². The van der Waals surface area contributed by atoms with Gasteiger partial charge in [0.15, 0.2) is 5.69 Å². The number of halogens is 3. The molecule has 2 atom stereocenters. The molecule has 2 unspecified atom stereocenters. The van der Waals surface area contributed by atoms with Crippen LogP contribution in [-0.2, 0) is 23.9 Å². The number of aliphatic hydroxyl groups is 1. The van der Waals surface area contributed by atoms with Crippen LogP contribution in [0.15, 0.2) is 6.20 Å². The number of carbonyl (C=O) groups excluding carboxylic acids is 1. The average Bonchev–Trinajstić information content (AvgIpc) is 2.84. The quantitative estimate of drug-likeness (QED) is 0.867. The molecule has 0 bridgehead atoms. The van der Waals surface area contributed by atoms with Crippen molar-refractivity contribution in [1.82, 2.24) is 15.1 Å². The molecule has 23 heavy (non-hydrogen) atoms. The molecular formula is C15H22F3N3O2. The van der Waals surface area contributed by atoms with Crippen molar-refractivity contribution in [3.63, 3.8) is 0 Å². The topological polar surface area (TPSA) is 67.2 Å². The Labute approximate surface area is 132 Å². The van der Waals surface area contributed by atoms with Gasteiger partial charge in [0.2, 0.25) is 5.91 Å². The summed E-state index contributed by atoms with van der Waals surface area (Å²) in [6, 6.07) is 0.0748. The largest absolute Gasteiger partial charge is 0.435 e. The van der Waals surface area contributed by atoms with Gasteiger partial charge in [0, 0.05) is 24.4 Å². The molecule has 0 spiro atoms. The number of nitrogens with one attached hydrogen (secondary N) is 1. The molecule has 1 aliphatic carbocycles. The number of hydrogen-bond donors (Lipinski definition) is 2. The van der Waals surface area contributed by atoms with E-state index in [0.717, 1.165) is 30.4 Å². The van der Waals surface area contributed by atoms with E-state index >= 15 is 0 Å². The summed E-state index contributed by atoms with van der Waals surface area (Å²) in [6.07, 6.45) is 0.590. The fraction of sp³-hybridized carbons (Fsp3) is 0.733. The maximum Gasteiger partial charge on any atom is 0.435 e. The maximum atomic E-state index is 12.9. The van der Waals surface area contributed by atoms with Gasteiger partial charge in [0.25, 0.3) is 0 Å². The highest BCUT2D eigenvalue weighted by Crippen LogP contribution is 2.31. The molecule has 1 amide bonds. The lowest BCUT2D eigenvalue weighted by molar-refractivity contribution is -0.142. The van der Waals surface area contributed by atoms with Gasteiger partial charge >= 0.3 is 6.18 Å². The van der Waals surface area contributed by atoms with Crippen LogP contribution < -0.4 is 5.32 Å². The van der Waals surface area contributed by atoms with E-state index in [1.165, 1.54) is 6.20 Å². The highest BCUT2D eigenvalue weighted by atomic mass is 19.4. The highest BCUT2D eigenvalue weighted by molar-refractivity contribution is 5.76. The molecule has 130 valence electrons. The Morgan fingerprint density at radius 3 is 2.74 bits per heavy atom. The number of nitrogens with zero attached hydrogens (tertiary/aromatic N) is 2. The van der Waals surface area contributed by atoms with Gasteiger partial charge in [-0.05, 0) is 25.2 Å². The number of amides is 1. The molecular weight excluding hydrogens is 311 g/mol. The number of rotatable bonds is 5. The zero-order valence-corrected chi connectivity index (χ0v) is 13.1. The lowest BCUT2D eigenvalue weighted by Crippen LogP contribution is -2.42. The first kappa shape index (κ1) is 17.8. The van der Waals surface area contributed by atoms with Gasteiger partial charge in [-0.3, -0.25) is 9.48 Å². The van der Waals surface area contributed by atoms with E-state index in [4.69, 9.17) is 5.11 Å². The van der Waals surface area contributed by atoms with Crippen LogP contribution in [0.25, 0.3) is 0 Å². The van der Waals surface area contributed by atoms with E-state index in [1.807, 2.05) is 0 Å². The predicted molar refractivity (Wildman–Crippen MR) is 77.6 cm³/mol. The minimum absolute atomic E-state index is 0.0748. The fourth-order valence-electron chi connectivity index (χ4n) is 3.02. The summed E-state index contributed by atoms with van der Waals surface area (Å²) in [5, 5.41) is 15.2. The zero-order valence-electron chi connectivity index (χ0n) is 13.1. The summed E-state index contributed by atoms with van der Waals surface area (Å²) in [5.74, 6) is 0.0385. The van der Waals surface area contributed by atoms with Crippen LogP contribution in [0.2, 0.25) is 0 Å². The molecule has 0 radical (unpaired) electrons. The van der Waals surface area contributed by atoms with Crippen molar-refractivity contribution in [3.05, 3.63) is 17.5 Å². The molecule has 8 heteroatoms. The molecule has 0 saturated heterocycles. The van der Waals surface area contributed by atoms with Crippen molar-refractivity contribution in [3.8, 4) is 0 Å². The van der Waals surface area contributed by atoms with Crippen molar-refractivity contribution >= 4 is 5.91 Å². The van der Waals surface area contributed by atoms with E-state index in [-0.39, 0.29) is 30.5 Å². The molecule has 1 aromatic rings. The first-order valence-electron chi connectivity index (χ1n) is 7.85. The molecule has 1 heterocycles. The second kappa shape index (κ2) is 7.33. The minimum atomic E-state index is -4.59. The van der Waals surface area contributed by atoms with Gasteiger partial charge in [-0.25, -0.2) is 0 Å². The summed E-state index contributed by atoms with van der Waals surface area (Å²) in [5.41, 5.74) is -1.13. The van der Waals surface area contributed by atoms with Crippen LogP contribution in [0, 0.1) is 5.92 Å². The smallest absolute Gasteiger partial charge is 0.396 e. The van der Waals surface area contributed by atoms with Crippen molar-refractivity contribution in [1.29, 1.82) is 0 Å². The van der Waals surface area contributed by atoms with Crippen LogP contribution in [0.3, 0.4) is 0 Å². The molecule has 1 aliphatic rings. The Balaban J connectivity index is 2.03. The molecule has 2 rings (SSSR count). The van der Waals surface area contributed by atoms with Gasteiger partial charge in [-0.1, -0.05) is 19.8 Å². The first-order valence-corrected chi connectivity index (χ1v) is 7.85. The van der Waals surface area contributed by atoms with E-state index in [1.54, 1.807) is 0 Å². The first-order chi connectivity index (χ1) is 10.8. The van der Waals surface area contributed by atoms with Crippen molar-refractivity contribution in [2.24, 2.45) is 5.92 Å². The number of aromatic nitrogens is 2. The van der Waals surface area contributed by atoms with Crippen LogP contribution in [0.4, 0.5) is 13.2 Å². The second-order valence-corrected chi connectivity index (χ2v) is 6.11. The Morgan fingerprint density at radius 1 is 1.43 bits per heavy atom. The lowest BCUT2D eigenvalue weighted by Gasteiger charge is -2.29. The average molecular weight is 333 g/mol. The summed E-state index contributed by atoms with van der Waals surface area (Å²) < 4.78 is 39.7. The Hall–Kier alpha value is -1.57. The van der Waals surface area contributed by atoms with E-state index < -0.39 is 18.5 Å². The number of hydrogen-bond acceptors (Lipinski definition) is 3. The lowest BCUT2D eigenvalue weighted by atomic mass is 9.86. The number of carbonyl (C=O) groups is 1. The van der Waals surface area contributed by atoms with Crippen molar-refractivity contribution in [2.75, 3.05) is 6.61 Å². The van der Waals surface area contributed by atoms with E-state index in [2.05, 4.69) is 17.3 Å². The summed E-state index contributed by atoms with van der Waals surface area (Å²) >= 11 is 0. The second-order valence-electron chi connectivity index (χ2n) is 6.11. The van der Waals surface area contributed by atoms with Gasteiger partial charge < -0.3 is 10.4 Å². The Kier molecular flexibility index (Phi) is 5.67. The standard InChI is InChI=1S/C15H22F3N3O2/c1-10-4-2-3-5-12(10)19-13(23)9-21-8-11(6-7-22)14(20-21)15(16,17)18/h8,10,12,22H,2-7,9H2,1H3,(H,19,23). The van der Waals surface area contributed by atoms with Crippen molar-refractivity contribution in [2.45, 2.75) is 57.8 Å². The third-order valence-corrected chi connectivity index (χ3v) is 4.25. The number of alkyl halides is 3. The third-order valence-electron chi connectivity index (χ3n) is 4.25. The third kappa shape index (κ3) is 4.70. The van der Waals surface area contributed by atoms with Gasteiger partial charge in [-0.2, -0.15) is 18.3 Å².